The number of hydrogen-bond acceptors (Lipinski definition) is 4. The van der Waals surface area contributed by atoms with Gasteiger partial charge in [-0.05, 0) is 12.5 Å². The van der Waals surface area contributed by atoms with Crippen molar-refractivity contribution in [3.63, 3.8) is 0 Å². The van der Waals surface area contributed by atoms with Gasteiger partial charge in [0, 0.05) is 11.6 Å². The highest BCUT2D eigenvalue weighted by molar-refractivity contribution is 5.95. The largest absolute Gasteiger partial charge is 0.367 e. The van der Waals surface area contributed by atoms with Gasteiger partial charge in [0.15, 0.2) is 0 Å². The lowest BCUT2D eigenvalue weighted by atomic mass is 10.1. The summed E-state index contributed by atoms with van der Waals surface area (Å²) in [6, 6.07) is 3.04. The van der Waals surface area contributed by atoms with E-state index in [0.29, 0.717) is 5.56 Å². The third kappa shape index (κ3) is 1.74. The Hall–Kier alpha value is -1.95. The molecule has 0 unspecified atom stereocenters. The normalized spacial score (nSPS) is 14.9. The molecule has 0 radical (unpaired) electrons. The molecule has 0 aliphatic carbocycles. The average Bonchev–Trinajstić information content (AvgIpc) is 2.40. The zero-order valence-corrected chi connectivity index (χ0v) is 8.65. The Balaban J connectivity index is 2.60. The van der Waals surface area contributed by atoms with Crippen LogP contribution in [0, 0.1) is 17.0 Å². The fraction of sp³-hybridized carbons (Fsp3) is 0.300. The van der Waals surface area contributed by atoms with E-state index in [9.17, 15) is 14.9 Å². The van der Waals surface area contributed by atoms with Gasteiger partial charge in [-0.2, -0.15) is 0 Å². The van der Waals surface area contributed by atoms with E-state index < -0.39 is 4.92 Å². The maximum absolute atomic E-state index is 11.3. The molecule has 0 fully saturated rings. The van der Waals surface area contributed by atoms with Crippen molar-refractivity contribution < 1.29 is 14.5 Å². The van der Waals surface area contributed by atoms with Crippen molar-refractivity contribution in [2.24, 2.45) is 0 Å². The van der Waals surface area contributed by atoms with Crippen LogP contribution in [0.2, 0.25) is 0 Å². The van der Waals surface area contributed by atoms with Crippen molar-refractivity contribution in [2.75, 3.05) is 11.9 Å². The lowest BCUT2D eigenvalue weighted by Gasteiger charge is -2.08. The summed E-state index contributed by atoms with van der Waals surface area (Å²) in [4.78, 5) is 21.6. The second-order valence-electron chi connectivity index (χ2n) is 3.55. The monoisotopic (exact) mass is 222 g/mol. The fourth-order valence-corrected chi connectivity index (χ4v) is 1.64. The second kappa shape index (κ2) is 3.90. The smallest absolute Gasteiger partial charge is 0.293 e. The van der Waals surface area contributed by atoms with E-state index in [-0.39, 0.29) is 30.5 Å². The molecule has 0 saturated carbocycles. The predicted molar refractivity (Wildman–Crippen MR) is 56.1 cm³/mol. The molecule has 0 saturated heterocycles. The number of nitrogens with one attached hydrogen (secondary N) is 1. The Labute approximate surface area is 91.4 Å². The van der Waals surface area contributed by atoms with Crippen LogP contribution >= 0.6 is 0 Å². The minimum atomic E-state index is -0.510. The molecular weight excluding hydrogens is 212 g/mol. The van der Waals surface area contributed by atoms with Gasteiger partial charge in [0.05, 0.1) is 11.5 Å². The molecule has 1 aliphatic rings. The van der Waals surface area contributed by atoms with Crippen molar-refractivity contribution in [3.8, 4) is 0 Å². The first kappa shape index (κ1) is 10.6. The minimum Gasteiger partial charge on any atom is -0.367 e. The average molecular weight is 222 g/mol. The highest BCUT2D eigenvalue weighted by Gasteiger charge is 2.23. The number of ether oxygens (including phenoxy) is 1. The van der Waals surface area contributed by atoms with E-state index in [0.717, 1.165) is 5.56 Å². The number of benzene rings is 1. The molecule has 1 aromatic rings. The van der Waals surface area contributed by atoms with Gasteiger partial charge in [0.25, 0.3) is 11.6 Å². The number of nitro groups is 1. The van der Waals surface area contributed by atoms with Gasteiger partial charge in [0.1, 0.15) is 12.3 Å². The van der Waals surface area contributed by atoms with Gasteiger partial charge in [-0.25, -0.2) is 0 Å². The molecule has 0 bridgehead atoms. The van der Waals surface area contributed by atoms with Gasteiger partial charge < -0.3 is 10.1 Å². The van der Waals surface area contributed by atoms with Crippen LogP contribution in [0.1, 0.15) is 11.1 Å². The standard InChI is InChI=1S/C10H10N2O4/c1-6-2-3-8(12(14)15)10-7(6)4-16-5-9(13)11-10/h2-3H,4-5H2,1H3,(H,11,13). The first-order valence-electron chi connectivity index (χ1n) is 4.74. The first-order valence-corrected chi connectivity index (χ1v) is 4.74. The summed E-state index contributed by atoms with van der Waals surface area (Å²) in [5.74, 6) is -0.368. The molecule has 1 heterocycles. The quantitative estimate of drug-likeness (QED) is 0.574. The van der Waals surface area contributed by atoms with Gasteiger partial charge in [0.2, 0.25) is 0 Å². The van der Waals surface area contributed by atoms with Crippen LogP contribution in [0.5, 0.6) is 0 Å². The molecule has 1 amide bonds. The van der Waals surface area contributed by atoms with Gasteiger partial charge >= 0.3 is 0 Å². The zero-order valence-electron chi connectivity index (χ0n) is 8.65. The lowest BCUT2D eigenvalue weighted by molar-refractivity contribution is -0.384. The molecule has 2 rings (SSSR count). The zero-order chi connectivity index (χ0) is 11.7. The molecule has 6 nitrogen and oxygen atoms in total. The first-order chi connectivity index (χ1) is 7.59. The Kier molecular flexibility index (Phi) is 2.57. The van der Waals surface area contributed by atoms with Crippen LogP contribution in [-0.4, -0.2) is 17.4 Å². The number of carbonyl (C=O) groups is 1. The summed E-state index contributed by atoms with van der Waals surface area (Å²) in [5, 5.41) is 13.3. The molecule has 0 atom stereocenters. The topological polar surface area (TPSA) is 81.5 Å². The van der Waals surface area contributed by atoms with Gasteiger partial charge in [-0.1, -0.05) is 6.07 Å². The van der Waals surface area contributed by atoms with Crippen LogP contribution in [0.15, 0.2) is 12.1 Å². The molecule has 1 N–H and O–H groups in total. The molecule has 0 aromatic heterocycles. The third-order valence-corrected chi connectivity index (χ3v) is 2.47. The van der Waals surface area contributed by atoms with Crippen molar-refractivity contribution in [1.82, 2.24) is 0 Å². The van der Waals surface area contributed by atoms with Crippen molar-refractivity contribution in [3.05, 3.63) is 33.4 Å². The summed E-state index contributed by atoms with van der Waals surface area (Å²) in [6.07, 6.45) is 0. The van der Waals surface area contributed by atoms with Crippen LogP contribution in [-0.2, 0) is 16.1 Å². The Morgan fingerprint density at radius 1 is 1.44 bits per heavy atom. The van der Waals surface area contributed by atoms with E-state index in [4.69, 9.17) is 4.74 Å². The van der Waals surface area contributed by atoms with E-state index in [2.05, 4.69) is 5.32 Å². The van der Waals surface area contributed by atoms with E-state index in [1.54, 1.807) is 6.07 Å². The molecular formula is C10H10N2O4. The number of amides is 1. The summed E-state index contributed by atoms with van der Waals surface area (Å²) < 4.78 is 5.11. The number of aryl methyl sites for hydroxylation is 1. The summed E-state index contributed by atoms with van der Waals surface area (Å²) in [6.45, 7) is 1.95. The van der Waals surface area contributed by atoms with Crippen LogP contribution in [0.3, 0.4) is 0 Å². The van der Waals surface area contributed by atoms with Gasteiger partial charge in [-0.3, -0.25) is 14.9 Å². The number of carbonyl (C=O) groups excluding carboxylic acids is 1. The molecule has 1 aromatic carbocycles. The molecule has 1 aliphatic heterocycles. The number of fused-ring (bicyclic) bond motifs is 1. The molecule has 6 heteroatoms. The second-order valence-corrected chi connectivity index (χ2v) is 3.55. The van der Waals surface area contributed by atoms with Crippen molar-refractivity contribution >= 4 is 17.3 Å². The Bertz CT molecular complexity index is 470. The highest BCUT2D eigenvalue weighted by atomic mass is 16.6. The minimum absolute atomic E-state index is 0.0781. The number of anilines is 1. The fourth-order valence-electron chi connectivity index (χ4n) is 1.64. The maximum atomic E-state index is 11.3. The number of nitro benzene ring substituents is 1. The predicted octanol–water partition coefficient (Wildman–Crippen LogP) is 1.37. The summed E-state index contributed by atoms with van der Waals surface area (Å²) in [5.41, 5.74) is 1.69. The SMILES string of the molecule is Cc1ccc([N+](=O)[O-])c2c1COCC(=O)N2. The number of nitrogens with zero attached hydrogens (tertiary/aromatic N) is 1. The highest BCUT2D eigenvalue weighted by Crippen LogP contribution is 2.32. The van der Waals surface area contributed by atoms with Gasteiger partial charge in [-0.15, -0.1) is 0 Å². The molecule has 84 valence electrons. The number of rotatable bonds is 1. The van der Waals surface area contributed by atoms with Crippen molar-refractivity contribution in [2.45, 2.75) is 13.5 Å². The van der Waals surface area contributed by atoms with E-state index in [1.165, 1.54) is 6.07 Å². The third-order valence-electron chi connectivity index (χ3n) is 2.47. The summed E-state index contributed by atoms with van der Waals surface area (Å²) >= 11 is 0. The molecule has 16 heavy (non-hydrogen) atoms. The van der Waals surface area contributed by atoms with Crippen LogP contribution in [0.25, 0.3) is 0 Å². The Morgan fingerprint density at radius 2 is 2.19 bits per heavy atom. The maximum Gasteiger partial charge on any atom is 0.293 e. The van der Waals surface area contributed by atoms with E-state index in [1.807, 2.05) is 6.92 Å². The lowest BCUT2D eigenvalue weighted by Crippen LogP contribution is -2.15. The van der Waals surface area contributed by atoms with Crippen molar-refractivity contribution in [1.29, 1.82) is 0 Å². The summed E-state index contributed by atoms with van der Waals surface area (Å²) in [7, 11) is 0. The number of hydrogen-bond donors (Lipinski definition) is 1. The molecule has 0 spiro atoms. The van der Waals surface area contributed by atoms with E-state index >= 15 is 0 Å². The Morgan fingerprint density at radius 3 is 2.88 bits per heavy atom. The van der Waals surface area contributed by atoms with Crippen LogP contribution < -0.4 is 5.32 Å². The van der Waals surface area contributed by atoms with Crippen LogP contribution in [0.4, 0.5) is 11.4 Å².